The van der Waals surface area contributed by atoms with Gasteiger partial charge in [0.25, 0.3) is 5.91 Å². The van der Waals surface area contributed by atoms with Crippen LogP contribution in [0.4, 0.5) is 13.2 Å². The van der Waals surface area contributed by atoms with Crippen LogP contribution in [0.15, 0.2) is 41.3 Å². The molecule has 0 aromatic heterocycles. The second-order valence-electron chi connectivity index (χ2n) is 5.93. The first-order valence-electron chi connectivity index (χ1n) is 8.60. The van der Waals surface area contributed by atoms with Crippen molar-refractivity contribution in [1.82, 2.24) is 9.62 Å². The Morgan fingerprint density at radius 2 is 1.76 bits per heavy atom. The summed E-state index contributed by atoms with van der Waals surface area (Å²) in [4.78, 5) is 12.2. The molecule has 29 heavy (non-hydrogen) atoms. The first-order valence-corrected chi connectivity index (χ1v) is 10.0. The summed E-state index contributed by atoms with van der Waals surface area (Å²) in [5.41, 5.74) is -0.935. The normalized spacial score (nSPS) is 12.4. The van der Waals surface area contributed by atoms with Gasteiger partial charge in [0.05, 0.1) is 16.5 Å². The number of carbonyl (C=O) groups is 1. The van der Waals surface area contributed by atoms with Gasteiger partial charge in [-0.3, -0.25) is 4.79 Å². The molecule has 1 atom stereocenters. The molecule has 0 saturated carbocycles. The number of hydrogen-bond donors (Lipinski definition) is 1. The molecule has 1 N–H and O–H groups in total. The second kappa shape index (κ2) is 9.07. The van der Waals surface area contributed by atoms with E-state index in [4.69, 9.17) is 0 Å². The maximum atomic E-state index is 14.2. The molecular weight excluding hydrogens is 407 g/mol. The molecule has 2 aromatic carbocycles. The van der Waals surface area contributed by atoms with Crippen molar-refractivity contribution in [3.05, 3.63) is 65.0 Å². The van der Waals surface area contributed by atoms with E-state index in [9.17, 15) is 31.6 Å². The Morgan fingerprint density at radius 1 is 1.10 bits per heavy atom. The zero-order chi connectivity index (χ0) is 21.8. The fourth-order valence-corrected chi connectivity index (χ4v) is 4.16. The topological polar surface area (TPSA) is 90.3 Å². The fraction of sp³-hybridized carbons (Fsp3) is 0.263. The first-order chi connectivity index (χ1) is 13.6. The van der Waals surface area contributed by atoms with Crippen LogP contribution in [0.5, 0.6) is 0 Å². The molecule has 0 spiro atoms. The lowest BCUT2D eigenvalue weighted by Crippen LogP contribution is -2.32. The molecule has 2 rings (SSSR count). The first kappa shape index (κ1) is 22.4. The SMILES string of the molecule is CCN(CC)S(=O)(=O)c1ccc(F)c(C(=O)NC(C#N)c2ccc(F)cc2F)c1. The van der Waals surface area contributed by atoms with Gasteiger partial charge in [-0.25, -0.2) is 21.6 Å². The molecular formula is C19H18F3N3O3S. The minimum Gasteiger partial charge on any atom is -0.332 e. The van der Waals surface area contributed by atoms with E-state index in [1.807, 2.05) is 0 Å². The molecule has 10 heteroatoms. The van der Waals surface area contributed by atoms with Crippen molar-refractivity contribution in [2.75, 3.05) is 13.1 Å². The van der Waals surface area contributed by atoms with Gasteiger partial charge in [-0.2, -0.15) is 9.57 Å². The van der Waals surface area contributed by atoms with Crippen LogP contribution in [0.3, 0.4) is 0 Å². The number of nitrogens with zero attached hydrogens (tertiary/aromatic N) is 2. The summed E-state index contributed by atoms with van der Waals surface area (Å²) < 4.78 is 67.5. The molecule has 1 amide bonds. The molecule has 0 aliphatic rings. The Labute approximate surface area is 166 Å². The van der Waals surface area contributed by atoms with Crippen LogP contribution in [0.1, 0.15) is 35.8 Å². The number of sulfonamides is 1. The summed E-state index contributed by atoms with van der Waals surface area (Å²) in [6.45, 7) is 3.62. The summed E-state index contributed by atoms with van der Waals surface area (Å²) in [5, 5.41) is 11.4. The lowest BCUT2D eigenvalue weighted by Gasteiger charge is -2.19. The monoisotopic (exact) mass is 425 g/mol. The largest absolute Gasteiger partial charge is 0.332 e. The van der Waals surface area contributed by atoms with E-state index in [1.54, 1.807) is 19.9 Å². The quantitative estimate of drug-likeness (QED) is 0.738. The van der Waals surface area contributed by atoms with E-state index in [2.05, 4.69) is 5.32 Å². The van der Waals surface area contributed by atoms with Gasteiger partial charge in [0.2, 0.25) is 10.0 Å². The van der Waals surface area contributed by atoms with Crippen molar-refractivity contribution in [3.8, 4) is 6.07 Å². The van der Waals surface area contributed by atoms with Crippen molar-refractivity contribution >= 4 is 15.9 Å². The standard InChI is InChI=1S/C19H18F3N3O3S/c1-3-25(4-2)29(27,28)13-6-8-16(21)15(10-13)19(26)24-18(11-23)14-7-5-12(20)9-17(14)22/h5-10,18H,3-4H2,1-2H3,(H,24,26). The highest BCUT2D eigenvalue weighted by molar-refractivity contribution is 7.89. The minimum atomic E-state index is -3.95. The predicted molar refractivity (Wildman–Crippen MR) is 98.7 cm³/mol. The van der Waals surface area contributed by atoms with Gasteiger partial charge in [0.1, 0.15) is 23.5 Å². The fourth-order valence-electron chi connectivity index (χ4n) is 2.68. The van der Waals surface area contributed by atoms with Crippen LogP contribution in [0, 0.1) is 28.8 Å². The van der Waals surface area contributed by atoms with E-state index >= 15 is 0 Å². The third-order valence-corrected chi connectivity index (χ3v) is 6.25. The second-order valence-corrected chi connectivity index (χ2v) is 7.87. The average Bonchev–Trinajstić information content (AvgIpc) is 2.67. The highest BCUT2D eigenvalue weighted by Crippen LogP contribution is 2.22. The number of halogens is 3. The zero-order valence-corrected chi connectivity index (χ0v) is 16.4. The zero-order valence-electron chi connectivity index (χ0n) is 15.6. The van der Waals surface area contributed by atoms with Crippen molar-refractivity contribution in [2.24, 2.45) is 0 Å². The number of carbonyl (C=O) groups excluding carboxylic acids is 1. The van der Waals surface area contributed by atoms with E-state index in [0.717, 1.165) is 34.6 Å². The van der Waals surface area contributed by atoms with Crippen LogP contribution < -0.4 is 5.32 Å². The van der Waals surface area contributed by atoms with Crippen molar-refractivity contribution in [2.45, 2.75) is 24.8 Å². The summed E-state index contributed by atoms with van der Waals surface area (Å²) in [7, 11) is -3.95. The van der Waals surface area contributed by atoms with E-state index < -0.39 is 45.0 Å². The molecule has 0 aliphatic carbocycles. The van der Waals surface area contributed by atoms with Crippen LogP contribution >= 0.6 is 0 Å². The molecule has 0 radical (unpaired) electrons. The smallest absolute Gasteiger partial charge is 0.255 e. The number of amides is 1. The van der Waals surface area contributed by atoms with Gasteiger partial charge < -0.3 is 5.32 Å². The van der Waals surface area contributed by atoms with Gasteiger partial charge in [-0.05, 0) is 24.3 Å². The Balaban J connectivity index is 2.39. The molecule has 0 fully saturated rings. The van der Waals surface area contributed by atoms with Crippen molar-refractivity contribution in [3.63, 3.8) is 0 Å². The number of benzene rings is 2. The summed E-state index contributed by atoms with van der Waals surface area (Å²) in [6, 6.07) is 5.25. The molecule has 6 nitrogen and oxygen atoms in total. The number of hydrogen-bond acceptors (Lipinski definition) is 4. The lowest BCUT2D eigenvalue weighted by molar-refractivity contribution is 0.0940. The number of nitriles is 1. The van der Waals surface area contributed by atoms with Crippen LogP contribution in [0.25, 0.3) is 0 Å². The van der Waals surface area contributed by atoms with Gasteiger partial charge in [0.15, 0.2) is 0 Å². The molecule has 0 aliphatic heterocycles. The molecule has 0 saturated heterocycles. The van der Waals surface area contributed by atoms with Gasteiger partial charge in [-0.1, -0.05) is 19.9 Å². The Morgan fingerprint density at radius 3 is 2.31 bits per heavy atom. The average molecular weight is 425 g/mol. The predicted octanol–water partition coefficient (Wildman–Crippen LogP) is 3.13. The molecule has 2 aromatic rings. The molecule has 0 heterocycles. The third kappa shape index (κ3) is 4.75. The van der Waals surface area contributed by atoms with E-state index in [-0.39, 0.29) is 23.5 Å². The maximum absolute atomic E-state index is 14.2. The van der Waals surface area contributed by atoms with Gasteiger partial charge >= 0.3 is 0 Å². The number of nitrogens with one attached hydrogen (secondary N) is 1. The summed E-state index contributed by atoms with van der Waals surface area (Å²) in [6.07, 6.45) is 0. The summed E-state index contributed by atoms with van der Waals surface area (Å²) >= 11 is 0. The number of rotatable bonds is 7. The third-order valence-electron chi connectivity index (χ3n) is 4.20. The molecule has 1 unspecified atom stereocenters. The van der Waals surface area contributed by atoms with Crippen LogP contribution in [-0.2, 0) is 10.0 Å². The van der Waals surface area contributed by atoms with Crippen LogP contribution in [-0.4, -0.2) is 31.7 Å². The summed E-state index contributed by atoms with van der Waals surface area (Å²) in [5.74, 6) is -4.06. The Hall–Kier alpha value is -2.90. The highest BCUT2D eigenvalue weighted by Gasteiger charge is 2.26. The van der Waals surface area contributed by atoms with Crippen molar-refractivity contribution in [1.29, 1.82) is 5.26 Å². The Bertz CT molecular complexity index is 1060. The molecule has 0 bridgehead atoms. The van der Waals surface area contributed by atoms with E-state index in [1.165, 1.54) is 0 Å². The highest BCUT2D eigenvalue weighted by atomic mass is 32.2. The maximum Gasteiger partial charge on any atom is 0.255 e. The van der Waals surface area contributed by atoms with Gasteiger partial charge in [0, 0.05) is 24.7 Å². The minimum absolute atomic E-state index is 0.179. The molecule has 154 valence electrons. The van der Waals surface area contributed by atoms with E-state index in [0.29, 0.717) is 6.07 Å². The van der Waals surface area contributed by atoms with Crippen molar-refractivity contribution < 1.29 is 26.4 Å². The Kier molecular flexibility index (Phi) is 7.00. The lowest BCUT2D eigenvalue weighted by atomic mass is 10.1. The van der Waals surface area contributed by atoms with Gasteiger partial charge in [-0.15, -0.1) is 0 Å². The van der Waals surface area contributed by atoms with Crippen LogP contribution in [0.2, 0.25) is 0 Å².